The fourth-order valence-electron chi connectivity index (χ4n) is 3.55. The molecule has 0 saturated carbocycles. The number of hydrogen-bond donors (Lipinski definition) is 2. The minimum Gasteiger partial charge on any atom is -0.457 e. The van der Waals surface area contributed by atoms with Crippen LogP contribution < -0.4 is 15.6 Å². The molecule has 30 heavy (non-hydrogen) atoms. The number of carbonyl (C=O) groups is 1. The molecule has 5 nitrogen and oxygen atoms in total. The van der Waals surface area contributed by atoms with E-state index in [1.807, 2.05) is 25.1 Å². The summed E-state index contributed by atoms with van der Waals surface area (Å²) in [5.41, 5.74) is -0.373. The lowest BCUT2D eigenvalue weighted by Crippen LogP contribution is -2.36. The first kappa shape index (κ1) is 19.8. The highest BCUT2D eigenvalue weighted by Gasteiger charge is 2.34. The number of alkyl halides is 3. The molecule has 0 fully saturated rings. The van der Waals surface area contributed by atoms with Crippen molar-refractivity contribution >= 4 is 5.91 Å². The molecule has 1 atom stereocenters. The number of amides is 1. The first-order chi connectivity index (χ1) is 14.1. The lowest BCUT2D eigenvalue weighted by Gasteiger charge is -2.29. The van der Waals surface area contributed by atoms with Gasteiger partial charge < -0.3 is 15.0 Å². The molecule has 154 valence electrons. The zero-order chi connectivity index (χ0) is 21.6. The summed E-state index contributed by atoms with van der Waals surface area (Å²) >= 11 is 0. The number of fused-ring (bicyclic) bond motifs is 2. The smallest absolute Gasteiger partial charge is 0.431 e. The Kier molecular flexibility index (Phi) is 4.64. The lowest BCUT2D eigenvalue weighted by atomic mass is 9.93. The molecule has 2 aromatic carbocycles. The molecule has 3 aromatic rings. The minimum atomic E-state index is -4.71. The van der Waals surface area contributed by atoms with Crippen LogP contribution in [0.25, 0.3) is 0 Å². The molecule has 0 saturated heterocycles. The van der Waals surface area contributed by atoms with E-state index in [9.17, 15) is 22.8 Å². The zero-order valence-corrected chi connectivity index (χ0v) is 16.1. The Morgan fingerprint density at radius 3 is 2.43 bits per heavy atom. The standard InChI is InChI=1S/C22H17F3N2O3/c1-11-7-8-14-16(9-11)30-15-6-4-3-5-13(15)19(14)27-21(29)18-12(2)10-17(22(23,24)25)26-20(18)28/h3-10,19H,1-2H3,(H,26,28)(H,27,29). The van der Waals surface area contributed by atoms with Gasteiger partial charge >= 0.3 is 6.18 Å². The van der Waals surface area contributed by atoms with Gasteiger partial charge in [0.1, 0.15) is 22.8 Å². The summed E-state index contributed by atoms with van der Waals surface area (Å²) < 4.78 is 44.7. The van der Waals surface area contributed by atoms with Crippen LogP contribution in [-0.4, -0.2) is 10.9 Å². The Morgan fingerprint density at radius 2 is 1.73 bits per heavy atom. The second-order valence-corrected chi connectivity index (χ2v) is 7.16. The van der Waals surface area contributed by atoms with E-state index in [2.05, 4.69) is 5.32 Å². The second kappa shape index (κ2) is 7.05. The second-order valence-electron chi connectivity index (χ2n) is 7.16. The van der Waals surface area contributed by atoms with Gasteiger partial charge in [0.25, 0.3) is 11.5 Å². The van der Waals surface area contributed by atoms with Crippen molar-refractivity contribution in [3.8, 4) is 11.5 Å². The number of halogens is 3. The summed E-state index contributed by atoms with van der Waals surface area (Å²) in [5, 5.41) is 2.79. The summed E-state index contributed by atoms with van der Waals surface area (Å²) in [6.07, 6.45) is -4.71. The van der Waals surface area contributed by atoms with Crippen molar-refractivity contribution in [1.29, 1.82) is 0 Å². The largest absolute Gasteiger partial charge is 0.457 e. The van der Waals surface area contributed by atoms with Crippen LogP contribution in [0.5, 0.6) is 11.5 Å². The number of para-hydroxylation sites is 1. The number of ether oxygens (including phenoxy) is 1. The molecule has 2 heterocycles. The molecular formula is C22H17F3N2O3. The van der Waals surface area contributed by atoms with Crippen molar-refractivity contribution in [2.75, 3.05) is 0 Å². The quantitative estimate of drug-likeness (QED) is 0.642. The fraction of sp³-hybridized carbons (Fsp3) is 0.182. The van der Waals surface area contributed by atoms with Gasteiger partial charge in [-0.05, 0) is 43.2 Å². The van der Waals surface area contributed by atoms with Gasteiger partial charge in [-0.25, -0.2) is 0 Å². The highest BCUT2D eigenvalue weighted by molar-refractivity contribution is 5.96. The van der Waals surface area contributed by atoms with Crippen molar-refractivity contribution in [2.24, 2.45) is 0 Å². The normalized spacial score (nSPS) is 15.0. The van der Waals surface area contributed by atoms with Crippen LogP contribution in [0.2, 0.25) is 0 Å². The molecular weight excluding hydrogens is 397 g/mol. The molecule has 0 bridgehead atoms. The fourth-order valence-corrected chi connectivity index (χ4v) is 3.55. The van der Waals surface area contributed by atoms with Crippen LogP contribution >= 0.6 is 0 Å². The molecule has 0 radical (unpaired) electrons. The average Bonchev–Trinajstić information content (AvgIpc) is 2.66. The van der Waals surface area contributed by atoms with E-state index in [1.165, 1.54) is 6.92 Å². The Morgan fingerprint density at radius 1 is 1.03 bits per heavy atom. The highest BCUT2D eigenvalue weighted by atomic mass is 19.4. The monoisotopic (exact) mass is 414 g/mol. The molecule has 4 rings (SSSR count). The van der Waals surface area contributed by atoms with E-state index < -0.39 is 29.4 Å². The molecule has 1 aromatic heterocycles. The van der Waals surface area contributed by atoms with E-state index in [-0.39, 0.29) is 11.1 Å². The molecule has 1 unspecified atom stereocenters. The van der Waals surface area contributed by atoms with Gasteiger partial charge in [0.2, 0.25) is 0 Å². The van der Waals surface area contributed by atoms with Crippen molar-refractivity contribution in [1.82, 2.24) is 10.3 Å². The summed E-state index contributed by atoms with van der Waals surface area (Å²) in [7, 11) is 0. The van der Waals surface area contributed by atoms with Gasteiger partial charge in [-0.2, -0.15) is 13.2 Å². The van der Waals surface area contributed by atoms with E-state index in [1.54, 1.807) is 29.2 Å². The number of H-pyrrole nitrogens is 1. The molecule has 0 aliphatic carbocycles. The number of carbonyl (C=O) groups excluding carboxylic acids is 1. The van der Waals surface area contributed by atoms with Crippen LogP contribution in [0.4, 0.5) is 13.2 Å². The minimum absolute atomic E-state index is 0.0620. The maximum atomic E-state index is 12.9. The van der Waals surface area contributed by atoms with Crippen LogP contribution in [0.1, 0.15) is 44.3 Å². The molecule has 8 heteroatoms. The van der Waals surface area contributed by atoms with Crippen LogP contribution in [-0.2, 0) is 6.18 Å². The number of nitrogens with one attached hydrogen (secondary N) is 2. The third-order valence-electron chi connectivity index (χ3n) is 4.97. The summed E-state index contributed by atoms with van der Waals surface area (Å²) in [6, 6.07) is 12.8. The third kappa shape index (κ3) is 3.45. The van der Waals surface area contributed by atoms with Gasteiger partial charge in [-0.3, -0.25) is 9.59 Å². The van der Waals surface area contributed by atoms with Crippen LogP contribution in [0.15, 0.2) is 53.3 Å². The molecule has 2 N–H and O–H groups in total. The van der Waals surface area contributed by atoms with Crippen LogP contribution in [0.3, 0.4) is 0 Å². The topological polar surface area (TPSA) is 71.2 Å². The summed E-state index contributed by atoms with van der Waals surface area (Å²) in [6.45, 7) is 3.21. The number of aryl methyl sites for hydroxylation is 2. The number of benzene rings is 2. The third-order valence-corrected chi connectivity index (χ3v) is 4.97. The SMILES string of the molecule is Cc1ccc2c(c1)Oc1ccccc1C2NC(=O)c1c(C)cc(C(F)(F)F)[nH]c1=O. The van der Waals surface area contributed by atoms with Gasteiger partial charge in [-0.1, -0.05) is 30.3 Å². The maximum absolute atomic E-state index is 12.9. The van der Waals surface area contributed by atoms with Crippen molar-refractivity contribution in [2.45, 2.75) is 26.1 Å². The van der Waals surface area contributed by atoms with Crippen molar-refractivity contribution in [3.63, 3.8) is 0 Å². The van der Waals surface area contributed by atoms with Gasteiger partial charge in [0.15, 0.2) is 0 Å². The van der Waals surface area contributed by atoms with Crippen LogP contribution in [0, 0.1) is 13.8 Å². The average molecular weight is 414 g/mol. The number of hydrogen-bond acceptors (Lipinski definition) is 3. The number of rotatable bonds is 2. The first-order valence-corrected chi connectivity index (χ1v) is 9.14. The Hall–Kier alpha value is -3.55. The number of aromatic amines is 1. The lowest BCUT2D eigenvalue weighted by molar-refractivity contribution is -0.141. The highest BCUT2D eigenvalue weighted by Crippen LogP contribution is 2.43. The van der Waals surface area contributed by atoms with Crippen molar-refractivity contribution in [3.05, 3.63) is 92.4 Å². The summed E-state index contributed by atoms with van der Waals surface area (Å²) in [5.74, 6) is 0.353. The number of pyridine rings is 1. The predicted octanol–water partition coefficient (Wildman–Crippen LogP) is 4.64. The molecule has 0 spiro atoms. The maximum Gasteiger partial charge on any atom is 0.431 e. The zero-order valence-electron chi connectivity index (χ0n) is 16.1. The molecule has 1 aliphatic heterocycles. The van der Waals surface area contributed by atoms with Gasteiger partial charge in [0, 0.05) is 11.1 Å². The van der Waals surface area contributed by atoms with Gasteiger partial charge in [0.05, 0.1) is 6.04 Å². The van der Waals surface area contributed by atoms with Gasteiger partial charge in [-0.15, -0.1) is 0 Å². The number of aromatic nitrogens is 1. The van der Waals surface area contributed by atoms with E-state index in [0.717, 1.165) is 11.6 Å². The molecule has 1 amide bonds. The van der Waals surface area contributed by atoms with E-state index >= 15 is 0 Å². The summed E-state index contributed by atoms with van der Waals surface area (Å²) in [4.78, 5) is 27.0. The Labute approximate surface area is 169 Å². The van der Waals surface area contributed by atoms with E-state index in [0.29, 0.717) is 22.6 Å². The Bertz CT molecular complexity index is 1210. The predicted molar refractivity (Wildman–Crippen MR) is 104 cm³/mol. The molecule has 1 aliphatic rings. The van der Waals surface area contributed by atoms with E-state index in [4.69, 9.17) is 4.74 Å². The Balaban J connectivity index is 1.75. The first-order valence-electron chi connectivity index (χ1n) is 9.14. The van der Waals surface area contributed by atoms with Crippen molar-refractivity contribution < 1.29 is 22.7 Å².